The number of likely N-dealkylation sites (tertiary alicyclic amines) is 1. The van der Waals surface area contributed by atoms with Crippen LogP contribution in [0.3, 0.4) is 0 Å². The van der Waals surface area contributed by atoms with Gasteiger partial charge < -0.3 is 15.3 Å². The third-order valence-electron chi connectivity index (χ3n) is 7.55. The lowest BCUT2D eigenvalue weighted by atomic mass is 9.46. The van der Waals surface area contributed by atoms with Gasteiger partial charge >= 0.3 is 6.03 Å². The highest BCUT2D eigenvalue weighted by molar-refractivity contribution is 6.07. The molecule has 3 fully saturated rings. The first-order valence-corrected chi connectivity index (χ1v) is 9.46. The fourth-order valence-electron chi connectivity index (χ4n) is 6.22. The standard InChI is InChI=1S/C20H25N3O3/c1-12-3-4-13-10-15-20(26)6-5-19(16(24)21-17(25)22-19)11-18(20,14(13)9-12)7-8-23(15)2/h3-4,9,15,26H,5-8,10-11H2,1-2H3,(H2,21,22,24,25)/t15-,18-,19+,20-/m1/s1. The number of carbonyl (C=O) groups is 2. The van der Waals surface area contributed by atoms with Crippen LogP contribution < -0.4 is 10.6 Å². The van der Waals surface area contributed by atoms with Crippen molar-refractivity contribution in [3.63, 3.8) is 0 Å². The van der Waals surface area contributed by atoms with Crippen molar-refractivity contribution < 1.29 is 14.7 Å². The molecular weight excluding hydrogens is 330 g/mol. The number of hydrogen-bond acceptors (Lipinski definition) is 4. The molecule has 2 heterocycles. The highest BCUT2D eigenvalue weighted by Gasteiger charge is 2.68. The molecule has 0 unspecified atom stereocenters. The highest BCUT2D eigenvalue weighted by Crippen LogP contribution is 2.60. The van der Waals surface area contributed by atoms with Gasteiger partial charge in [0.15, 0.2) is 0 Å². The average Bonchev–Trinajstić information content (AvgIpc) is 2.86. The SMILES string of the molecule is Cc1ccc2c(c1)[C@]13CCN(C)[C@H](C2)[C@]1(O)CC[C@@]1(C3)NC(=O)NC1=O. The number of piperidine rings is 1. The van der Waals surface area contributed by atoms with Crippen LogP contribution in [0.4, 0.5) is 4.79 Å². The topological polar surface area (TPSA) is 81.7 Å². The van der Waals surface area contributed by atoms with E-state index in [1.807, 2.05) is 0 Å². The molecule has 4 aliphatic rings. The largest absolute Gasteiger partial charge is 0.387 e. The molecule has 4 atom stereocenters. The van der Waals surface area contributed by atoms with Gasteiger partial charge in [-0.3, -0.25) is 10.1 Å². The van der Waals surface area contributed by atoms with E-state index in [0.29, 0.717) is 19.3 Å². The minimum Gasteiger partial charge on any atom is -0.387 e. The van der Waals surface area contributed by atoms with Gasteiger partial charge in [0.05, 0.1) is 5.60 Å². The maximum atomic E-state index is 12.7. The zero-order valence-electron chi connectivity index (χ0n) is 15.3. The van der Waals surface area contributed by atoms with E-state index in [9.17, 15) is 14.7 Å². The van der Waals surface area contributed by atoms with Gasteiger partial charge in [0, 0.05) is 11.5 Å². The van der Waals surface area contributed by atoms with E-state index in [1.54, 1.807) is 0 Å². The molecule has 2 aliphatic carbocycles. The average molecular weight is 355 g/mol. The molecule has 2 saturated heterocycles. The van der Waals surface area contributed by atoms with Gasteiger partial charge in [-0.05, 0) is 63.7 Å². The lowest BCUT2D eigenvalue weighted by molar-refractivity contribution is -0.175. The zero-order chi connectivity index (χ0) is 18.3. The van der Waals surface area contributed by atoms with Crippen molar-refractivity contribution in [3.05, 3.63) is 34.9 Å². The van der Waals surface area contributed by atoms with E-state index in [-0.39, 0.29) is 11.9 Å². The number of carbonyl (C=O) groups excluding carboxylic acids is 2. The van der Waals surface area contributed by atoms with E-state index in [4.69, 9.17) is 0 Å². The normalized spacial score (nSPS) is 41.4. The number of benzene rings is 1. The van der Waals surface area contributed by atoms with Crippen molar-refractivity contribution in [3.8, 4) is 0 Å². The van der Waals surface area contributed by atoms with Gasteiger partial charge in [-0.25, -0.2) is 4.79 Å². The number of nitrogens with zero attached hydrogens (tertiary/aromatic N) is 1. The quantitative estimate of drug-likeness (QED) is 0.606. The Morgan fingerprint density at radius 1 is 1.23 bits per heavy atom. The molecular formula is C20H25N3O3. The van der Waals surface area contributed by atoms with Crippen LogP contribution in [0.5, 0.6) is 0 Å². The second-order valence-electron chi connectivity index (χ2n) is 8.78. The summed E-state index contributed by atoms with van der Waals surface area (Å²) in [5, 5.41) is 17.3. The summed E-state index contributed by atoms with van der Waals surface area (Å²) in [6.45, 7) is 2.95. The summed E-state index contributed by atoms with van der Waals surface area (Å²) in [5.41, 5.74) is 1.33. The van der Waals surface area contributed by atoms with Crippen LogP contribution in [0, 0.1) is 6.92 Å². The molecule has 1 spiro atoms. The van der Waals surface area contributed by atoms with E-state index in [0.717, 1.165) is 24.9 Å². The number of nitrogens with one attached hydrogen (secondary N) is 2. The fourth-order valence-corrected chi connectivity index (χ4v) is 6.22. The molecule has 6 heteroatoms. The molecule has 1 saturated carbocycles. The minimum atomic E-state index is -0.901. The molecule has 3 amide bonds. The van der Waals surface area contributed by atoms with Crippen molar-refractivity contribution >= 4 is 11.9 Å². The molecule has 2 bridgehead atoms. The lowest BCUT2D eigenvalue weighted by Gasteiger charge is -2.65. The van der Waals surface area contributed by atoms with E-state index in [2.05, 4.69) is 47.7 Å². The van der Waals surface area contributed by atoms with Gasteiger partial charge in [-0.2, -0.15) is 0 Å². The monoisotopic (exact) mass is 355 g/mol. The molecule has 0 aromatic heterocycles. The molecule has 1 aromatic rings. The fraction of sp³-hybridized carbons (Fsp3) is 0.600. The van der Waals surface area contributed by atoms with E-state index in [1.165, 1.54) is 11.1 Å². The molecule has 6 nitrogen and oxygen atoms in total. The summed E-state index contributed by atoms with van der Waals surface area (Å²) in [6.07, 6.45) is 3.08. The number of rotatable bonds is 0. The van der Waals surface area contributed by atoms with Crippen molar-refractivity contribution in [1.82, 2.24) is 15.5 Å². The Hall–Kier alpha value is -1.92. The van der Waals surface area contributed by atoms with Gasteiger partial charge in [-0.15, -0.1) is 0 Å². The number of fused-ring (bicyclic) bond motifs is 1. The summed E-state index contributed by atoms with van der Waals surface area (Å²) in [4.78, 5) is 26.8. The van der Waals surface area contributed by atoms with Crippen molar-refractivity contribution in [2.75, 3.05) is 13.6 Å². The van der Waals surface area contributed by atoms with Crippen molar-refractivity contribution in [1.29, 1.82) is 0 Å². The second kappa shape index (κ2) is 4.87. The van der Waals surface area contributed by atoms with Crippen LogP contribution in [0.2, 0.25) is 0 Å². The number of imide groups is 1. The first-order valence-electron chi connectivity index (χ1n) is 9.46. The Labute approximate surface area is 152 Å². The Morgan fingerprint density at radius 2 is 2.04 bits per heavy atom. The first kappa shape index (κ1) is 16.3. The zero-order valence-corrected chi connectivity index (χ0v) is 15.3. The Balaban J connectivity index is 1.72. The summed E-state index contributed by atoms with van der Waals surface area (Å²) >= 11 is 0. The first-order chi connectivity index (χ1) is 12.3. The summed E-state index contributed by atoms with van der Waals surface area (Å²) in [7, 11) is 2.08. The summed E-state index contributed by atoms with van der Waals surface area (Å²) in [5.74, 6) is -0.242. The van der Waals surface area contributed by atoms with Crippen LogP contribution in [0.15, 0.2) is 18.2 Å². The van der Waals surface area contributed by atoms with E-state index >= 15 is 0 Å². The molecule has 5 rings (SSSR count). The molecule has 0 radical (unpaired) electrons. The number of urea groups is 1. The lowest BCUT2D eigenvalue weighted by Crippen LogP contribution is -2.75. The van der Waals surface area contributed by atoms with Gasteiger partial charge in [0.1, 0.15) is 5.54 Å². The maximum absolute atomic E-state index is 12.7. The highest BCUT2D eigenvalue weighted by atomic mass is 16.3. The summed E-state index contributed by atoms with van der Waals surface area (Å²) < 4.78 is 0. The van der Waals surface area contributed by atoms with E-state index < -0.39 is 22.6 Å². The predicted molar refractivity (Wildman–Crippen MR) is 95.8 cm³/mol. The molecule has 3 N–H and O–H groups in total. The summed E-state index contributed by atoms with van der Waals surface area (Å²) in [6, 6.07) is 6.12. The second-order valence-corrected chi connectivity index (χ2v) is 8.78. The molecule has 2 aliphatic heterocycles. The third-order valence-corrected chi connectivity index (χ3v) is 7.55. The van der Waals surface area contributed by atoms with Crippen LogP contribution >= 0.6 is 0 Å². The molecule has 138 valence electrons. The van der Waals surface area contributed by atoms with Crippen LogP contribution in [-0.2, 0) is 16.6 Å². The van der Waals surface area contributed by atoms with Gasteiger partial charge in [-0.1, -0.05) is 23.8 Å². The van der Waals surface area contributed by atoms with Gasteiger partial charge in [0.25, 0.3) is 5.91 Å². The number of likely N-dealkylation sites (N-methyl/N-ethyl adjacent to an activating group) is 1. The maximum Gasteiger partial charge on any atom is 0.322 e. The third kappa shape index (κ3) is 1.79. The van der Waals surface area contributed by atoms with Crippen LogP contribution in [0.1, 0.15) is 42.4 Å². The van der Waals surface area contributed by atoms with Crippen molar-refractivity contribution in [2.45, 2.75) is 61.6 Å². The van der Waals surface area contributed by atoms with Crippen LogP contribution in [0.25, 0.3) is 0 Å². The number of aryl methyl sites for hydroxylation is 1. The smallest absolute Gasteiger partial charge is 0.322 e. The number of amides is 3. The molecule has 26 heavy (non-hydrogen) atoms. The Morgan fingerprint density at radius 3 is 2.77 bits per heavy atom. The minimum absolute atomic E-state index is 0.0453. The predicted octanol–water partition coefficient (Wildman–Crippen LogP) is 0.986. The van der Waals surface area contributed by atoms with Crippen molar-refractivity contribution in [2.24, 2.45) is 0 Å². The number of aliphatic hydroxyl groups is 1. The number of hydrogen-bond donors (Lipinski definition) is 3. The van der Waals surface area contributed by atoms with Crippen LogP contribution in [-0.4, -0.2) is 52.7 Å². The molecule has 1 aromatic carbocycles. The Kier molecular flexibility index (Phi) is 3.05. The Bertz CT molecular complexity index is 840. The van der Waals surface area contributed by atoms with Gasteiger partial charge in [0.2, 0.25) is 0 Å².